The van der Waals surface area contributed by atoms with Crippen LogP contribution in [0.15, 0.2) is 84.9 Å². The second-order valence-electron chi connectivity index (χ2n) is 9.69. The molecule has 0 radical (unpaired) electrons. The minimum Gasteiger partial charge on any atom is -0.463 e. The molecular weight excluding hydrogens is 575 g/mol. The van der Waals surface area contributed by atoms with E-state index in [1.54, 1.807) is 12.1 Å². The molecule has 1 fully saturated rings. The highest BCUT2D eigenvalue weighted by atomic mass is 31.1. The molecule has 3 aromatic carbocycles. The van der Waals surface area contributed by atoms with Gasteiger partial charge in [-0.2, -0.15) is 0 Å². The van der Waals surface area contributed by atoms with Crippen LogP contribution < -0.4 is 20.7 Å². The molecule has 1 aliphatic rings. The van der Waals surface area contributed by atoms with Gasteiger partial charge in [0.2, 0.25) is 12.4 Å². The first-order chi connectivity index (χ1) is 20.6. The number of carbonyl (C=O) groups excluding carboxylic acids is 4. The van der Waals surface area contributed by atoms with Gasteiger partial charge in [0.15, 0.2) is 12.2 Å². The zero-order valence-corrected chi connectivity index (χ0v) is 25.1. The van der Waals surface area contributed by atoms with E-state index < -0.39 is 62.5 Å². The van der Waals surface area contributed by atoms with Gasteiger partial charge in [-0.1, -0.05) is 72.8 Å². The molecule has 11 heteroatoms. The number of carbonyl (C=O) groups is 4. The number of hydrogen-bond donors (Lipinski definition) is 0. The Kier molecular flexibility index (Phi) is 10.9. The van der Waals surface area contributed by atoms with E-state index in [0.29, 0.717) is 5.75 Å². The maximum atomic E-state index is 12.1. The molecule has 3 aromatic rings. The van der Waals surface area contributed by atoms with E-state index in [2.05, 4.69) is 24.3 Å². The fourth-order valence-electron chi connectivity index (χ4n) is 4.69. The van der Waals surface area contributed by atoms with Gasteiger partial charge < -0.3 is 28.4 Å². The molecule has 0 saturated carbocycles. The zero-order valence-electron chi connectivity index (χ0n) is 24.2. The van der Waals surface area contributed by atoms with Crippen molar-refractivity contribution in [3.63, 3.8) is 0 Å². The van der Waals surface area contributed by atoms with Crippen LogP contribution in [0.4, 0.5) is 0 Å². The minimum absolute atomic E-state index is 0.338. The van der Waals surface area contributed by atoms with Crippen molar-refractivity contribution in [1.82, 2.24) is 0 Å². The molecule has 10 nitrogen and oxygen atoms in total. The average molecular weight is 609 g/mol. The van der Waals surface area contributed by atoms with Gasteiger partial charge >= 0.3 is 23.9 Å². The Morgan fingerprint density at radius 3 is 1.56 bits per heavy atom. The number of esters is 4. The van der Waals surface area contributed by atoms with Crippen molar-refractivity contribution in [2.75, 3.05) is 6.61 Å². The van der Waals surface area contributed by atoms with Crippen LogP contribution in [0.3, 0.4) is 0 Å². The number of ether oxygens (including phenoxy) is 6. The summed E-state index contributed by atoms with van der Waals surface area (Å²) in [6, 6.07) is 27.8. The maximum Gasteiger partial charge on any atom is 0.303 e. The van der Waals surface area contributed by atoms with Gasteiger partial charge in [0.1, 0.15) is 18.5 Å². The molecule has 5 atom stereocenters. The van der Waals surface area contributed by atoms with Crippen LogP contribution in [0.25, 0.3) is 0 Å². The second-order valence-corrected chi connectivity index (χ2v) is 11.9. The lowest BCUT2D eigenvalue weighted by molar-refractivity contribution is -0.288. The van der Waals surface area contributed by atoms with E-state index in [1.165, 1.54) is 38.3 Å². The third-order valence-corrected chi connectivity index (χ3v) is 8.77. The Bertz CT molecular complexity index is 1360. The molecule has 0 N–H and O–H groups in total. The third kappa shape index (κ3) is 8.63. The minimum atomic E-state index is -1.32. The molecule has 1 heterocycles. The molecule has 0 unspecified atom stereocenters. The summed E-state index contributed by atoms with van der Waals surface area (Å²) in [4.78, 5) is 47.7. The largest absolute Gasteiger partial charge is 0.463 e. The van der Waals surface area contributed by atoms with Crippen LogP contribution >= 0.6 is 7.92 Å². The van der Waals surface area contributed by atoms with Crippen LogP contribution in [-0.4, -0.2) is 61.2 Å². The second kappa shape index (κ2) is 14.8. The predicted molar refractivity (Wildman–Crippen MR) is 158 cm³/mol. The molecular formula is C32H33O10P. The maximum absolute atomic E-state index is 12.1. The van der Waals surface area contributed by atoms with E-state index in [1.807, 2.05) is 48.5 Å². The lowest BCUT2D eigenvalue weighted by Gasteiger charge is -2.43. The molecule has 0 aliphatic carbocycles. The van der Waals surface area contributed by atoms with Crippen LogP contribution in [0.2, 0.25) is 0 Å². The van der Waals surface area contributed by atoms with Gasteiger partial charge in [0.05, 0.1) is 0 Å². The van der Waals surface area contributed by atoms with Crippen molar-refractivity contribution in [3.8, 4) is 5.75 Å². The molecule has 43 heavy (non-hydrogen) atoms. The van der Waals surface area contributed by atoms with Crippen molar-refractivity contribution in [2.45, 2.75) is 58.4 Å². The monoisotopic (exact) mass is 608 g/mol. The quantitative estimate of drug-likeness (QED) is 0.193. The van der Waals surface area contributed by atoms with Gasteiger partial charge in [-0.15, -0.1) is 0 Å². The van der Waals surface area contributed by atoms with Gasteiger partial charge in [0, 0.05) is 27.7 Å². The van der Waals surface area contributed by atoms with E-state index in [0.717, 1.165) is 5.30 Å². The lowest BCUT2D eigenvalue weighted by atomic mass is 9.98. The Balaban J connectivity index is 1.66. The SMILES string of the molecule is CC(=O)OC[C@H]1O[C@@H](Oc2ccc(P(c3ccccc3)c3ccccc3)cc2)[C@H](OC(C)=O)[C@@H](OC(C)=O)[C@@H]1OC(C)=O. The highest BCUT2D eigenvalue weighted by Gasteiger charge is 2.53. The van der Waals surface area contributed by atoms with E-state index in [9.17, 15) is 19.2 Å². The standard InChI is InChI=1S/C32H33O10P/c1-20(33)37-19-28-29(38-21(2)34)30(39-22(3)35)31(40-23(4)36)32(42-28)41-24-15-17-27(18-16-24)43(25-11-7-5-8-12-25)26-13-9-6-10-14-26/h5-18,28-32H,19H2,1-4H3/t28-,29-,30+,31-,32-/m1/s1. The fourth-order valence-corrected chi connectivity index (χ4v) is 6.98. The van der Waals surface area contributed by atoms with E-state index in [4.69, 9.17) is 28.4 Å². The van der Waals surface area contributed by atoms with Crippen molar-refractivity contribution >= 4 is 47.7 Å². The first-order valence-corrected chi connectivity index (χ1v) is 14.9. The van der Waals surface area contributed by atoms with Gasteiger partial charge in [0.25, 0.3) is 0 Å². The topological polar surface area (TPSA) is 124 Å². The molecule has 1 saturated heterocycles. The number of hydrogen-bond acceptors (Lipinski definition) is 10. The van der Waals surface area contributed by atoms with Crippen LogP contribution in [0, 0.1) is 0 Å². The van der Waals surface area contributed by atoms with Crippen molar-refractivity contribution in [1.29, 1.82) is 0 Å². The summed E-state index contributed by atoms with van der Waals surface area (Å²) in [5.41, 5.74) is 0. The molecule has 1 aliphatic heterocycles. The van der Waals surface area contributed by atoms with Crippen LogP contribution in [0.5, 0.6) is 5.75 Å². The Labute approximate surface area is 250 Å². The van der Waals surface area contributed by atoms with Gasteiger partial charge in [-0.25, -0.2) is 0 Å². The van der Waals surface area contributed by atoms with E-state index >= 15 is 0 Å². The molecule has 4 rings (SSSR count). The first-order valence-electron chi connectivity index (χ1n) is 13.6. The molecule has 226 valence electrons. The Morgan fingerprint density at radius 2 is 1.07 bits per heavy atom. The van der Waals surface area contributed by atoms with Crippen molar-refractivity contribution in [2.24, 2.45) is 0 Å². The summed E-state index contributed by atoms with van der Waals surface area (Å²) in [6.45, 7) is 4.38. The molecule has 0 aromatic heterocycles. The Morgan fingerprint density at radius 1 is 0.605 bits per heavy atom. The number of rotatable bonds is 10. The predicted octanol–water partition coefficient (Wildman–Crippen LogP) is 2.91. The van der Waals surface area contributed by atoms with Gasteiger partial charge in [-0.3, -0.25) is 19.2 Å². The highest BCUT2D eigenvalue weighted by molar-refractivity contribution is 7.79. The number of benzene rings is 3. The highest BCUT2D eigenvalue weighted by Crippen LogP contribution is 2.34. The lowest BCUT2D eigenvalue weighted by Crippen LogP contribution is -2.63. The van der Waals surface area contributed by atoms with Crippen molar-refractivity contribution in [3.05, 3.63) is 84.9 Å². The Hall–Kier alpha value is -4.27. The molecule has 0 spiro atoms. The smallest absolute Gasteiger partial charge is 0.303 e. The normalized spacial score (nSPS) is 21.4. The average Bonchev–Trinajstić information content (AvgIpc) is 2.96. The zero-order chi connectivity index (χ0) is 30.9. The van der Waals surface area contributed by atoms with Gasteiger partial charge in [-0.05, 0) is 36.0 Å². The molecule has 0 bridgehead atoms. The molecule has 0 amide bonds. The first kappa shape index (κ1) is 31.7. The van der Waals surface area contributed by atoms with Crippen LogP contribution in [0.1, 0.15) is 27.7 Å². The summed E-state index contributed by atoms with van der Waals surface area (Å²) in [7, 11) is -0.859. The fraction of sp³-hybridized carbons (Fsp3) is 0.312. The van der Waals surface area contributed by atoms with Crippen LogP contribution in [-0.2, 0) is 42.9 Å². The van der Waals surface area contributed by atoms with Crippen molar-refractivity contribution < 1.29 is 47.6 Å². The summed E-state index contributed by atoms with van der Waals surface area (Å²) in [6.07, 6.45) is -6.29. The summed E-state index contributed by atoms with van der Waals surface area (Å²) in [5.74, 6) is -2.35. The van der Waals surface area contributed by atoms with E-state index in [-0.39, 0.29) is 6.61 Å². The summed E-state index contributed by atoms with van der Waals surface area (Å²) >= 11 is 0. The third-order valence-electron chi connectivity index (χ3n) is 6.32. The summed E-state index contributed by atoms with van der Waals surface area (Å²) < 4.78 is 33.7. The summed E-state index contributed by atoms with van der Waals surface area (Å²) in [5, 5.41) is 3.43.